The van der Waals surface area contributed by atoms with E-state index in [0.717, 1.165) is 44.9 Å². The number of rotatable bonds is 34. The Hall–Kier alpha value is -3.45. The minimum absolute atomic E-state index is 0.000133. The molecule has 1 aliphatic rings. The predicted octanol–water partition coefficient (Wildman–Crippen LogP) is 8.66. The van der Waals surface area contributed by atoms with Crippen molar-refractivity contribution in [1.29, 1.82) is 0 Å². The highest BCUT2D eigenvalue weighted by Crippen LogP contribution is 2.44. The zero-order valence-electron chi connectivity index (χ0n) is 37.9. The second-order valence-electron chi connectivity index (χ2n) is 15.7. The van der Waals surface area contributed by atoms with Gasteiger partial charge in [0.25, 0.3) is 5.69 Å². The average molecular weight is 908 g/mol. The number of carbonyl (C=O) groups is 5. The summed E-state index contributed by atoms with van der Waals surface area (Å²) in [7, 11) is -4.23. The van der Waals surface area contributed by atoms with E-state index in [-0.39, 0.29) is 59.6 Å². The molecule has 0 aliphatic carbocycles. The third-order valence-electron chi connectivity index (χ3n) is 10.4. The number of likely N-dealkylation sites (tertiary alicyclic amines) is 1. The van der Waals surface area contributed by atoms with Crippen molar-refractivity contribution >= 4 is 54.5 Å². The minimum Gasteiger partial charge on any atom is -0.352 e. The van der Waals surface area contributed by atoms with E-state index in [1.54, 1.807) is 6.92 Å². The van der Waals surface area contributed by atoms with Crippen molar-refractivity contribution in [2.24, 2.45) is 0 Å². The van der Waals surface area contributed by atoms with Gasteiger partial charge in [-0.25, -0.2) is 9.65 Å². The summed E-state index contributed by atoms with van der Waals surface area (Å²) in [5.41, 5.74) is 0.468. The van der Waals surface area contributed by atoms with Gasteiger partial charge in [-0.15, -0.1) is 5.92 Å². The number of unbranched alkanes of at least 4 members (excludes halogenated alkanes) is 13. The highest BCUT2D eigenvalue weighted by atomic mass is 32.2. The first-order valence-corrected chi connectivity index (χ1v) is 25.3. The Bertz CT molecular complexity index is 1650. The molecule has 3 unspecified atom stereocenters. The van der Waals surface area contributed by atoms with Crippen molar-refractivity contribution in [2.45, 2.75) is 174 Å². The van der Waals surface area contributed by atoms with Gasteiger partial charge in [0, 0.05) is 58.3 Å². The number of hydrogen-bond acceptors (Lipinski definition) is 11. The van der Waals surface area contributed by atoms with E-state index in [1.165, 1.54) is 100 Å². The average Bonchev–Trinajstić information content (AvgIpc) is 3.51. The van der Waals surface area contributed by atoms with Gasteiger partial charge in [-0.05, 0) is 63.8 Å². The summed E-state index contributed by atoms with van der Waals surface area (Å²) in [6, 6.07) is 4.25. The fourth-order valence-corrected chi connectivity index (χ4v) is 8.50. The molecule has 0 saturated carbocycles. The summed E-state index contributed by atoms with van der Waals surface area (Å²) in [5, 5.41) is 19.2. The summed E-state index contributed by atoms with van der Waals surface area (Å²) < 4.78 is 17.7. The zero-order chi connectivity index (χ0) is 46.2. The number of nitro groups is 1. The van der Waals surface area contributed by atoms with Crippen LogP contribution in [0.4, 0.5) is 5.69 Å². The van der Waals surface area contributed by atoms with E-state index in [1.807, 2.05) is 6.26 Å². The lowest BCUT2D eigenvalue weighted by molar-refractivity contribution is -0.386. The van der Waals surface area contributed by atoms with Crippen LogP contribution < -0.4 is 15.7 Å². The summed E-state index contributed by atoms with van der Waals surface area (Å²) in [6.45, 7) is 8.41. The lowest BCUT2D eigenvalue weighted by Gasteiger charge is -2.19. The molecule has 2 rings (SSSR count). The van der Waals surface area contributed by atoms with E-state index in [0.29, 0.717) is 56.5 Å². The Morgan fingerprint density at radius 3 is 2.10 bits per heavy atom. The smallest absolute Gasteiger partial charge is 0.352 e. The first kappa shape index (κ1) is 56.6. The van der Waals surface area contributed by atoms with Crippen molar-refractivity contribution < 1.29 is 42.9 Å². The van der Waals surface area contributed by atoms with Crippen LogP contribution in [0.25, 0.3) is 0 Å². The molecule has 17 heteroatoms. The summed E-state index contributed by atoms with van der Waals surface area (Å²) in [4.78, 5) is 80.9. The summed E-state index contributed by atoms with van der Waals surface area (Å²) >= 11 is 1.48. The van der Waals surface area contributed by atoms with Crippen molar-refractivity contribution in [3.05, 3.63) is 39.4 Å². The Kier molecular flexibility index (Phi) is 31.0. The standard InChI is InChI=1S/C23H41NO3S.C22H33N4O7P/c1-3-4-5-10-13-16-20(25)17-14-11-8-6-7-9-12-15-18-24-22(26)19-21(28-2)23(24)27;1-4-5-12-23-16-20(28)9-7-6-8-13-25-34(31,32)33-17(2)21-14-19(15-24-18(3)27)10-11-22(21)26(29)30/h21H,3-19H2,1-2H3;10-11,14,17,23H,6-9,12-13,15-16H2,1-3H3,(H,24,27)(H2,25,31,32). The Morgan fingerprint density at radius 2 is 1.53 bits per heavy atom. The molecule has 0 bridgehead atoms. The third kappa shape index (κ3) is 26.2. The molecule has 0 radical (unpaired) electrons. The minimum atomic E-state index is -4.23. The number of Topliss-reactive ketones (excluding diaryl/α,β-unsaturated/α-hetero) is 2. The van der Waals surface area contributed by atoms with Crippen LogP contribution in [0.15, 0.2) is 18.2 Å². The maximum atomic E-state index is 12.4. The molecule has 3 amide bonds. The van der Waals surface area contributed by atoms with E-state index < -0.39 is 18.8 Å². The fraction of sp³-hybridized carbons (Fsp3) is 0.711. The fourth-order valence-electron chi connectivity index (χ4n) is 6.80. The second kappa shape index (κ2) is 34.0. The van der Waals surface area contributed by atoms with Crippen molar-refractivity contribution in [3.8, 4) is 11.8 Å². The van der Waals surface area contributed by atoms with Gasteiger partial charge in [0.15, 0.2) is 0 Å². The topological polar surface area (TPSA) is 214 Å². The van der Waals surface area contributed by atoms with Crippen LogP contribution >= 0.6 is 19.5 Å². The quantitative estimate of drug-likeness (QED) is 0.0127. The number of thioether (sulfide) groups is 1. The Morgan fingerprint density at radius 1 is 0.952 bits per heavy atom. The number of amides is 3. The summed E-state index contributed by atoms with van der Waals surface area (Å²) in [5.74, 6) is 5.83. The highest BCUT2D eigenvalue weighted by molar-refractivity contribution is 8.00. The van der Waals surface area contributed by atoms with Crippen LogP contribution in [0.2, 0.25) is 0 Å². The molecule has 3 atom stereocenters. The van der Waals surface area contributed by atoms with Gasteiger partial charge in [0.05, 0.1) is 34.9 Å². The SMILES string of the molecule is CC#CCNCC(=O)CCCCCNP(=O)(O)OC(C)c1cc(CNC(C)=O)ccc1[N+](=O)[O-].CCCCCCCC(=O)CCCCCCCCCCN1C(=O)CC(SC)C1=O. The molecule has 350 valence electrons. The van der Waals surface area contributed by atoms with Crippen LogP contribution in [0.5, 0.6) is 0 Å². The van der Waals surface area contributed by atoms with E-state index in [4.69, 9.17) is 4.52 Å². The van der Waals surface area contributed by atoms with Gasteiger partial charge in [0.2, 0.25) is 17.7 Å². The van der Waals surface area contributed by atoms with Gasteiger partial charge < -0.3 is 10.2 Å². The number of ketones is 2. The first-order chi connectivity index (χ1) is 29.6. The predicted molar refractivity (Wildman–Crippen MR) is 246 cm³/mol. The number of benzene rings is 1. The van der Waals surface area contributed by atoms with Crippen LogP contribution in [0, 0.1) is 22.0 Å². The van der Waals surface area contributed by atoms with Crippen molar-refractivity contribution in [3.63, 3.8) is 0 Å². The molecular weight excluding hydrogens is 834 g/mol. The van der Waals surface area contributed by atoms with Gasteiger partial charge >= 0.3 is 7.75 Å². The second-order valence-corrected chi connectivity index (χ2v) is 18.3. The number of hydrogen-bond donors (Lipinski definition) is 4. The van der Waals surface area contributed by atoms with Gasteiger partial charge in [-0.3, -0.25) is 48.8 Å². The van der Waals surface area contributed by atoms with Crippen LogP contribution in [0.3, 0.4) is 0 Å². The monoisotopic (exact) mass is 907 g/mol. The molecule has 1 aliphatic heterocycles. The lowest BCUT2D eigenvalue weighted by Crippen LogP contribution is -2.32. The van der Waals surface area contributed by atoms with Crippen molar-refractivity contribution in [1.82, 2.24) is 20.6 Å². The number of nitrogens with one attached hydrogen (secondary N) is 3. The maximum Gasteiger partial charge on any atom is 0.403 e. The van der Waals surface area contributed by atoms with Crippen LogP contribution in [-0.4, -0.2) is 81.7 Å². The number of nitrogens with zero attached hydrogens (tertiary/aromatic N) is 2. The van der Waals surface area contributed by atoms with Gasteiger partial charge in [-0.2, -0.15) is 11.8 Å². The molecular formula is C45H74N5O10PS. The molecule has 62 heavy (non-hydrogen) atoms. The molecule has 1 aromatic carbocycles. The molecule has 1 aromatic rings. The van der Waals surface area contributed by atoms with Crippen molar-refractivity contribution in [2.75, 3.05) is 32.4 Å². The van der Waals surface area contributed by atoms with E-state index in [9.17, 15) is 43.5 Å². The molecule has 1 fully saturated rings. The molecule has 15 nitrogen and oxygen atoms in total. The number of carbonyl (C=O) groups excluding carboxylic acids is 5. The highest BCUT2D eigenvalue weighted by Gasteiger charge is 2.37. The Balaban J connectivity index is 0.000000632. The molecule has 1 saturated heterocycles. The Labute approximate surface area is 374 Å². The van der Waals surface area contributed by atoms with Crippen LogP contribution in [0.1, 0.15) is 173 Å². The van der Waals surface area contributed by atoms with E-state index >= 15 is 0 Å². The number of nitro benzene ring substituents is 1. The first-order valence-electron chi connectivity index (χ1n) is 22.4. The third-order valence-corrected chi connectivity index (χ3v) is 12.5. The summed E-state index contributed by atoms with van der Waals surface area (Å²) in [6.07, 6.45) is 20.2. The molecule has 4 N–H and O–H groups in total. The van der Waals surface area contributed by atoms with Gasteiger partial charge in [-0.1, -0.05) is 89.5 Å². The zero-order valence-corrected chi connectivity index (χ0v) is 39.6. The van der Waals surface area contributed by atoms with Crippen LogP contribution in [-0.2, 0) is 39.6 Å². The largest absolute Gasteiger partial charge is 0.403 e. The normalized spacial score (nSPS) is 14.9. The van der Waals surface area contributed by atoms with E-state index in [2.05, 4.69) is 34.5 Å². The molecule has 0 aromatic heterocycles. The van der Waals surface area contributed by atoms with Gasteiger partial charge in [0.1, 0.15) is 11.6 Å². The lowest BCUT2D eigenvalue weighted by atomic mass is 10.0. The molecule has 1 heterocycles. The maximum absolute atomic E-state index is 12.4. The molecule has 0 spiro atoms. The number of imide groups is 1.